The first kappa shape index (κ1) is 12.6. The summed E-state index contributed by atoms with van der Waals surface area (Å²) in [4.78, 5) is 0. The van der Waals surface area contributed by atoms with E-state index in [1.165, 1.54) is 43.2 Å². The van der Waals surface area contributed by atoms with E-state index < -0.39 is 0 Å². The van der Waals surface area contributed by atoms with Crippen molar-refractivity contribution in [2.45, 2.75) is 52.1 Å². The van der Waals surface area contributed by atoms with E-state index in [2.05, 4.69) is 38.1 Å². The van der Waals surface area contributed by atoms with Crippen molar-refractivity contribution in [1.29, 1.82) is 0 Å². The Balaban J connectivity index is 1.84. The number of aryl methyl sites for hydroxylation is 1. The highest BCUT2D eigenvalue weighted by atomic mass is 16.5. The minimum atomic E-state index is 0.341. The Bertz CT molecular complexity index is 320. The molecule has 0 N–H and O–H groups in total. The van der Waals surface area contributed by atoms with Crippen molar-refractivity contribution < 1.29 is 4.74 Å². The largest absolute Gasteiger partial charge is 0.373 e. The van der Waals surface area contributed by atoms with Gasteiger partial charge in [-0.25, -0.2) is 0 Å². The van der Waals surface area contributed by atoms with E-state index in [4.69, 9.17) is 4.74 Å². The summed E-state index contributed by atoms with van der Waals surface area (Å²) >= 11 is 0. The van der Waals surface area contributed by atoms with Crippen molar-refractivity contribution in [3.8, 4) is 0 Å². The second-order valence-electron chi connectivity index (χ2n) is 5.32. The predicted octanol–water partition coefficient (Wildman–Crippen LogP) is 4.65. The fraction of sp³-hybridized carbons (Fsp3) is 0.625. The summed E-state index contributed by atoms with van der Waals surface area (Å²) in [6.07, 6.45) is 6.86. The van der Waals surface area contributed by atoms with Gasteiger partial charge in [0.15, 0.2) is 0 Å². The van der Waals surface area contributed by atoms with Gasteiger partial charge in [0.1, 0.15) is 0 Å². The first-order valence-corrected chi connectivity index (χ1v) is 6.97. The zero-order chi connectivity index (χ0) is 12.1. The molecule has 94 valence electrons. The Morgan fingerprint density at radius 2 is 1.94 bits per heavy atom. The zero-order valence-electron chi connectivity index (χ0n) is 11.1. The van der Waals surface area contributed by atoms with Crippen LogP contribution in [0, 0.1) is 12.8 Å². The summed E-state index contributed by atoms with van der Waals surface area (Å²) in [5.74, 6) is 0.802. The van der Waals surface area contributed by atoms with Crippen LogP contribution in [0.4, 0.5) is 0 Å². The maximum Gasteiger partial charge on any atom is 0.0825 e. The lowest BCUT2D eigenvalue weighted by Gasteiger charge is -2.29. The van der Waals surface area contributed by atoms with Gasteiger partial charge in [0.2, 0.25) is 0 Å². The maximum absolute atomic E-state index is 6.01. The van der Waals surface area contributed by atoms with E-state index in [1.807, 2.05) is 0 Å². The van der Waals surface area contributed by atoms with Crippen LogP contribution in [0.5, 0.6) is 0 Å². The average molecular weight is 232 g/mol. The van der Waals surface area contributed by atoms with Crippen LogP contribution in [0.2, 0.25) is 0 Å². The Kier molecular flexibility index (Phi) is 4.61. The average Bonchev–Trinajstić information content (AvgIpc) is 2.38. The van der Waals surface area contributed by atoms with E-state index in [9.17, 15) is 0 Å². The molecule has 1 heterocycles. The SMILES string of the molecule is CCCCC1CCC(c2ccc(C)cc2)OC1. The number of benzene rings is 1. The fourth-order valence-corrected chi connectivity index (χ4v) is 2.57. The van der Waals surface area contributed by atoms with Gasteiger partial charge >= 0.3 is 0 Å². The molecule has 1 aliphatic heterocycles. The van der Waals surface area contributed by atoms with Gasteiger partial charge in [-0.1, -0.05) is 49.6 Å². The number of rotatable bonds is 4. The molecule has 0 bridgehead atoms. The van der Waals surface area contributed by atoms with Crippen LogP contribution in [-0.4, -0.2) is 6.61 Å². The van der Waals surface area contributed by atoms with Gasteiger partial charge < -0.3 is 4.74 Å². The minimum Gasteiger partial charge on any atom is -0.373 e. The molecular weight excluding hydrogens is 208 g/mol. The topological polar surface area (TPSA) is 9.23 Å². The minimum absolute atomic E-state index is 0.341. The molecule has 2 rings (SSSR count). The molecule has 1 aromatic carbocycles. The third-order valence-corrected chi connectivity index (χ3v) is 3.79. The molecule has 2 atom stereocenters. The molecule has 1 fully saturated rings. The Morgan fingerprint density at radius 3 is 2.53 bits per heavy atom. The van der Waals surface area contributed by atoms with Crippen LogP contribution in [0.1, 0.15) is 56.3 Å². The Labute approximate surface area is 105 Å². The molecule has 0 aliphatic carbocycles. The van der Waals surface area contributed by atoms with E-state index in [0.29, 0.717) is 6.10 Å². The highest BCUT2D eigenvalue weighted by Crippen LogP contribution is 2.32. The molecular formula is C16H24O. The van der Waals surface area contributed by atoms with Crippen LogP contribution in [0.15, 0.2) is 24.3 Å². The van der Waals surface area contributed by atoms with Crippen LogP contribution < -0.4 is 0 Å². The summed E-state index contributed by atoms with van der Waals surface area (Å²) in [6, 6.07) is 8.79. The van der Waals surface area contributed by atoms with Gasteiger partial charge in [0.25, 0.3) is 0 Å². The van der Waals surface area contributed by atoms with Crippen LogP contribution >= 0.6 is 0 Å². The molecule has 1 aromatic rings. The van der Waals surface area contributed by atoms with Crippen molar-refractivity contribution in [2.75, 3.05) is 6.61 Å². The standard InChI is InChI=1S/C16H24O/c1-3-4-5-14-8-11-16(17-12-14)15-9-6-13(2)7-10-15/h6-7,9-10,14,16H,3-5,8,11-12H2,1-2H3. The monoisotopic (exact) mass is 232 g/mol. The lowest BCUT2D eigenvalue weighted by molar-refractivity contribution is -0.0198. The van der Waals surface area contributed by atoms with Gasteiger partial charge in [-0.2, -0.15) is 0 Å². The second-order valence-corrected chi connectivity index (χ2v) is 5.32. The van der Waals surface area contributed by atoms with E-state index in [-0.39, 0.29) is 0 Å². The molecule has 0 amide bonds. The van der Waals surface area contributed by atoms with E-state index in [0.717, 1.165) is 12.5 Å². The maximum atomic E-state index is 6.01. The highest BCUT2D eigenvalue weighted by molar-refractivity contribution is 5.23. The van der Waals surface area contributed by atoms with E-state index >= 15 is 0 Å². The summed E-state index contributed by atoms with van der Waals surface area (Å²) in [7, 11) is 0. The summed E-state index contributed by atoms with van der Waals surface area (Å²) in [5, 5.41) is 0. The van der Waals surface area contributed by atoms with Crippen molar-refractivity contribution in [3.05, 3.63) is 35.4 Å². The first-order chi connectivity index (χ1) is 8.29. The van der Waals surface area contributed by atoms with Gasteiger partial charge in [-0.15, -0.1) is 0 Å². The van der Waals surface area contributed by atoms with Crippen molar-refractivity contribution in [3.63, 3.8) is 0 Å². The molecule has 0 aromatic heterocycles. The third-order valence-electron chi connectivity index (χ3n) is 3.79. The molecule has 1 aliphatic rings. The molecule has 1 saturated heterocycles. The van der Waals surface area contributed by atoms with Crippen LogP contribution in [-0.2, 0) is 4.74 Å². The first-order valence-electron chi connectivity index (χ1n) is 6.97. The summed E-state index contributed by atoms with van der Waals surface area (Å²) < 4.78 is 6.01. The lowest BCUT2D eigenvalue weighted by Crippen LogP contribution is -2.20. The molecule has 17 heavy (non-hydrogen) atoms. The third kappa shape index (κ3) is 3.57. The highest BCUT2D eigenvalue weighted by Gasteiger charge is 2.22. The molecule has 1 heteroatoms. The van der Waals surface area contributed by atoms with Crippen LogP contribution in [0.25, 0.3) is 0 Å². The lowest BCUT2D eigenvalue weighted by atomic mass is 9.91. The zero-order valence-corrected chi connectivity index (χ0v) is 11.1. The van der Waals surface area contributed by atoms with Crippen molar-refractivity contribution in [2.24, 2.45) is 5.92 Å². The Hall–Kier alpha value is -0.820. The van der Waals surface area contributed by atoms with Gasteiger partial charge in [-0.3, -0.25) is 0 Å². The quantitative estimate of drug-likeness (QED) is 0.734. The summed E-state index contributed by atoms with van der Waals surface area (Å²) in [6.45, 7) is 5.35. The molecule has 2 unspecified atom stereocenters. The van der Waals surface area contributed by atoms with Crippen molar-refractivity contribution in [1.82, 2.24) is 0 Å². The molecule has 0 saturated carbocycles. The fourth-order valence-electron chi connectivity index (χ4n) is 2.57. The Morgan fingerprint density at radius 1 is 1.18 bits per heavy atom. The van der Waals surface area contributed by atoms with Crippen molar-refractivity contribution >= 4 is 0 Å². The number of hydrogen-bond acceptors (Lipinski definition) is 1. The molecule has 1 nitrogen and oxygen atoms in total. The second kappa shape index (κ2) is 6.20. The molecule has 0 radical (unpaired) electrons. The molecule has 0 spiro atoms. The summed E-state index contributed by atoms with van der Waals surface area (Å²) in [5.41, 5.74) is 2.68. The predicted molar refractivity (Wildman–Crippen MR) is 72.1 cm³/mol. The van der Waals surface area contributed by atoms with Gasteiger partial charge in [0, 0.05) is 0 Å². The number of ether oxygens (including phenoxy) is 1. The van der Waals surface area contributed by atoms with Gasteiger partial charge in [0.05, 0.1) is 12.7 Å². The number of unbranched alkanes of at least 4 members (excludes halogenated alkanes) is 1. The van der Waals surface area contributed by atoms with Gasteiger partial charge in [-0.05, 0) is 37.7 Å². The number of hydrogen-bond donors (Lipinski definition) is 0. The smallest absolute Gasteiger partial charge is 0.0825 e. The normalized spacial score (nSPS) is 24.8. The van der Waals surface area contributed by atoms with E-state index in [1.54, 1.807) is 0 Å². The van der Waals surface area contributed by atoms with Crippen LogP contribution in [0.3, 0.4) is 0 Å².